The summed E-state index contributed by atoms with van der Waals surface area (Å²) in [7, 11) is 1.72. The van der Waals surface area contributed by atoms with Gasteiger partial charge in [0, 0.05) is 38.2 Å². The number of rotatable bonds is 8. The summed E-state index contributed by atoms with van der Waals surface area (Å²) in [5.74, 6) is 0. The van der Waals surface area contributed by atoms with Gasteiger partial charge in [-0.2, -0.15) is 0 Å². The summed E-state index contributed by atoms with van der Waals surface area (Å²) in [5, 5.41) is 6.70. The van der Waals surface area contributed by atoms with Crippen molar-refractivity contribution >= 4 is 27.3 Å². The fourth-order valence-electron chi connectivity index (χ4n) is 1.30. The molecule has 92 valence electrons. The molecule has 0 bridgehead atoms. The second-order valence-corrected chi connectivity index (χ2v) is 6.04. The zero-order valence-corrected chi connectivity index (χ0v) is 12.2. The highest BCUT2D eigenvalue weighted by Crippen LogP contribution is 2.26. The van der Waals surface area contributed by atoms with Crippen LogP contribution >= 0.6 is 27.3 Å². The third kappa shape index (κ3) is 5.41. The van der Waals surface area contributed by atoms with E-state index in [2.05, 4.69) is 39.6 Å². The zero-order chi connectivity index (χ0) is 11.8. The maximum absolute atomic E-state index is 4.95. The molecule has 2 N–H and O–H groups in total. The van der Waals surface area contributed by atoms with Gasteiger partial charge in [-0.15, -0.1) is 11.3 Å². The molecule has 0 aliphatic carbocycles. The van der Waals surface area contributed by atoms with Crippen LogP contribution in [0, 0.1) is 6.92 Å². The van der Waals surface area contributed by atoms with Gasteiger partial charge in [-0.3, -0.25) is 0 Å². The van der Waals surface area contributed by atoms with Crippen molar-refractivity contribution in [2.75, 3.05) is 33.4 Å². The van der Waals surface area contributed by atoms with E-state index in [1.54, 1.807) is 18.4 Å². The van der Waals surface area contributed by atoms with E-state index in [1.165, 1.54) is 14.2 Å². The van der Waals surface area contributed by atoms with Crippen molar-refractivity contribution in [2.24, 2.45) is 0 Å². The SMILES string of the molecule is COCCNCCNCc1cc(C)c(Br)s1. The maximum Gasteiger partial charge on any atom is 0.0730 e. The van der Waals surface area contributed by atoms with E-state index in [4.69, 9.17) is 4.74 Å². The minimum absolute atomic E-state index is 0.775. The van der Waals surface area contributed by atoms with Crippen LogP contribution in [-0.2, 0) is 11.3 Å². The molecule has 1 rings (SSSR count). The van der Waals surface area contributed by atoms with Gasteiger partial charge in [-0.1, -0.05) is 0 Å². The number of hydrogen-bond donors (Lipinski definition) is 2. The topological polar surface area (TPSA) is 33.3 Å². The Labute approximate surface area is 110 Å². The molecule has 0 aliphatic rings. The van der Waals surface area contributed by atoms with Crippen LogP contribution in [0.4, 0.5) is 0 Å². The highest BCUT2D eigenvalue weighted by atomic mass is 79.9. The van der Waals surface area contributed by atoms with Crippen LogP contribution in [0.3, 0.4) is 0 Å². The lowest BCUT2D eigenvalue weighted by Gasteiger charge is -2.04. The van der Waals surface area contributed by atoms with Crippen LogP contribution in [0.25, 0.3) is 0 Å². The molecular weight excluding hydrogens is 288 g/mol. The minimum atomic E-state index is 0.775. The van der Waals surface area contributed by atoms with Crippen LogP contribution < -0.4 is 10.6 Å². The third-order valence-corrected chi connectivity index (χ3v) is 4.31. The quantitative estimate of drug-likeness (QED) is 0.722. The second kappa shape index (κ2) is 8.20. The molecule has 0 unspecified atom stereocenters. The van der Waals surface area contributed by atoms with E-state index >= 15 is 0 Å². The van der Waals surface area contributed by atoms with Gasteiger partial charge < -0.3 is 15.4 Å². The van der Waals surface area contributed by atoms with Crippen molar-refractivity contribution in [3.05, 3.63) is 20.3 Å². The van der Waals surface area contributed by atoms with Crippen LogP contribution in [0.5, 0.6) is 0 Å². The van der Waals surface area contributed by atoms with E-state index in [1.807, 2.05) is 0 Å². The Kier molecular flexibility index (Phi) is 7.23. The largest absolute Gasteiger partial charge is 0.383 e. The average Bonchev–Trinajstić information content (AvgIpc) is 2.57. The summed E-state index contributed by atoms with van der Waals surface area (Å²) in [6.45, 7) is 6.73. The fraction of sp³-hybridized carbons (Fsp3) is 0.636. The lowest BCUT2D eigenvalue weighted by molar-refractivity contribution is 0.199. The number of halogens is 1. The summed E-state index contributed by atoms with van der Waals surface area (Å²) < 4.78 is 6.19. The summed E-state index contributed by atoms with van der Waals surface area (Å²) in [6.07, 6.45) is 0. The van der Waals surface area contributed by atoms with E-state index in [9.17, 15) is 0 Å². The molecule has 0 atom stereocenters. The Morgan fingerprint density at radius 1 is 1.31 bits per heavy atom. The first-order valence-corrected chi connectivity index (χ1v) is 7.00. The summed E-state index contributed by atoms with van der Waals surface area (Å²) in [5.41, 5.74) is 1.32. The summed E-state index contributed by atoms with van der Waals surface area (Å²) >= 11 is 5.33. The number of thiophene rings is 1. The van der Waals surface area contributed by atoms with Gasteiger partial charge in [0.05, 0.1) is 10.4 Å². The smallest absolute Gasteiger partial charge is 0.0730 e. The van der Waals surface area contributed by atoms with E-state index in [-0.39, 0.29) is 0 Å². The van der Waals surface area contributed by atoms with Gasteiger partial charge >= 0.3 is 0 Å². The van der Waals surface area contributed by atoms with E-state index < -0.39 is 0 Å². The molecule has 3 nitrogen and oxygen atoms in total. The van der Waals surface area contributed by atoms with Crippen LogP contribution in [0.15, 0.2) is 9.85 Å². The minimum Gasteiger partial charge on any atom is -0.383 e. The van der Waals surface area contributed by atoms with Gasteiger partial charge in [0.2, 0.25) is 0 Å². The van der Waals surface area contributed by atoms with Gasteiger partial charge in [0.15, 0.2) is 0 Å². The lowest BCUT2D eigenvalue weighted by Crippen LogP contribution is -2.28. The monoisotopic (exact) mass is 306 g/mol. The lowest BCUT2D eigenvalue weighted by atomic mass is 10.3. The molecule has 5 heteroatoms. The van der Waals surface area contributed by atoms with E-state index in [0.717, 1.165) is 32.8 Å². The average molecular weight is 307 g/mol. The van der Waals surface area contributed by atoms with Crippen molar-refractivity contribution < 1.29 is 4.74 Å². The molecule has 1 heterocycles. The fourth-order valence-corrected chi connectivity index (χ4v) is 2.90. The molecular formula is C11H19BrN2OS. The third-order valence-electron chi connectivity index (χ3n) is 2.17. The van der Waals surface area contributed by atoms with Crippen molar-refractivity contribution in [3.63, 3.8) is 0 Å². The molecule has 0 aromatic carbocycles. The van der Waals surface area contributed by atoms with Crippen molar-refractivity contribution in [3.8, 4) is 0 Å². The number of aryl methyl sites for hydroxylation is 1. The molecule has 0 spiro atoms. The van der Waals surface area contributed by atoms with Crippen molar-refractivity contribution in [1.82, 2.24) is 10.6 Å². The molecule has 1 aromatic rings. The van der Waals surface area contributed by atoms with Crippen LogP contribution in [0.2, 0.25) is 0 Å². The molecule has 16 heavy (non-hydrogen) atoms. The Morgan fingerprint density at radius 3 is 2.69 bits per heavy atom. The number of methoxy groups -OCH3 is 1. The molecule has 0 saturated carbocycles. The number of hydrogen-bond acceptors (Lipinski definition) is 4. The highest BCUT2D eigenvalue weighted by molar-refractivity contribution is 9.11. The van der Waals surface area contributed by atoms with Crippen molar-refractivity contribution in [1.29, 1.82) is 0 Å². The first kappa shape index (κ1) is 14.1. The molecule has 0 fully saturated rings. The first-order valence-electron chi connectivity index (χ1n) is 5.39. The van der Waals surface area contributed by atoms with Gasteiger partial charge in [-0.05, 0) is 34.5 Å². The predicted molar refractivity (Wildman–Crippen MR) is 73.2 cm³/mol. The summed E-state index contributed by atoms with van der Waals surface area (Å²) in [4.78, 5) is 1.38. The predicted octanol–water partition coefficient (Wildman–Crippen LogP) is 2.14. The Bertz CT molecular complexity index is 285. The number of nitrogens with one attached hydrogen (secondary N) is 2. The van der Waals surface area contributed by atoms with Gasteiger partial charge in [-0.25, -0.2) is 0 Å². The molecule has 0 aliphatic heterocycles. The molecule has 0 saturated heterocycles. The van der Waals surface area contributed by atoms with Crippen molar-refractivity contribution in [2.45, 2.75) is 13.5 Å². The first-order chi connectivity index (χ1) is 7.74. The Balaban J connectivity index is 2.03. The normalized spacial score (nSPS) is 10.9. The molecule has 1 aromatic heterocycles. The Hall–Kier alpha value is 0.0600. The van der Waals surface area contributed by atoms with Gasteiger partial charge in [0.25, 0.3) is 0 Å². The van der Waals surface area contributed by atoms with Crippen LogP contribution in [0.1, 0.15) is 10.4 Å². The highest BCUT2D eigenvalue weighted by Gasteiger charge is 2.01. The molecule has 0 amide bonds. The zero-order valence-electron chi connectivity index (χ0n) is 9.81. The van der Waals surface area contributed by atoms with E-state index in [0.29, 0.717) is 0 Å². The maximum atomic E-state index is 4.95. The Morgan fingerprint density at radius 2 is 2.06 bits per heavy atom. The number of ether oxygens (including phenoxy) is 1. The summed E-state index contributed by atoms with van der Waals surface area (Å²) in [6, 6.07) is 2.22. The standard InChI is InChI=1S/C11H19BrN2OS/c1-9-7-10(16-11(9)12)8-14-4-3-13-5-6-15-2/h7,13-14H,3-6,8H2,1-2H3. The second-order valence-electron chi connectivity index (χ2n) is 3.59. The van der Waals surface area contributed by atoms with Crippen LogP contribution in [-0.4, -0.2) is 33.4 Å². The van der Waals surface area contributed by atoms with Gasteiger partial charge in [0.1, 0.15) is 0 Å². The molecule has 0 radical (unpaired) electrons.